The van der Waals surface area contributed by atoms with E-state index in [0.29, 0.717) is 6.04 Å². The predicted molar refractivity (Wildman–Crippen MR) is 93.0 cm³/mol. The molecule has 0 N–H and O–H groups in total. The van der Waals surface area contributed by atoms with Gasteiger partial charge in [-0.2, -0.15) is 11.8 Å². The van der Waals surface area contributed by atoms with Gasteiger partial charge < -0.3 is 0 Å². The van der Waals surface area contributed by atoms with Crippen LogP contribution in [0.4, 0.5) is 0 Å². The molecule has 0 aliphatic carbocycles. The monoisotopic (exact) mass is 304 g/mol. The molecular formula is C18H28N2S. The van der Waals surface area contributed by atoms with E-state index in [1.54, 1.807) is 0 Å². The third-order valence-corrected chi connectivity index (χ3v) is 5.72. The van der Waals surface area contributed by atoms with Crippen molar-refractivity contribution in [1.29, 1.82) is 0 Å². The molecule has 1 aromatic rings. The fourth-order valence-corrected chi connectivity index (χ4v) is 4.31. The molecule has 3 heteroatoms. The van der Waals surface area contributed by atoms with Gasteiger partial charge in [0.2, 0.25) is 0 Å². The molecule has 0 saturated carbocycles. The quantitative estimate of drug-likeness (QED) is 0.767. The number of rotatable bonds is 5. The molecule has 0 amide bonds. The molecule has 2 aliphatic heterocycles. The zero-order valence-electron chi connectivity index (χ0n) is 13.2. The van der Waals surface area contributed by atoms with Crippen molar-refractivity contribution in [1.82, 2.24) is 9.80 Å². The maximum atomic E-state index is 2.76. The summed E-state index contributed by atoms with van der Waals surface area (Å²) in [5, 5.41) is 0. The van der Waals surface area contributed by atoms with Crippen molar-refractivity contribution in [3.05, 3.63) is 35.9 Å². The minimum absolute atomic E-state index is 0.599. The van der Waals surface area contributed by atoms with Gasteiger partial charge in [0.05, 0.1) is 0 Å². The summed E-state index contributed by atoms with van der Waals surface area (Å²) in [6, 6.07) is 12.6. The highest BCUT2D eigenvalue weighted by atomic mass is 32.2. The summed E-state index contributed by atoms with van der Waals surface area (Å²) in [7, 11) is 0. The Balaban J connectivity index is 1.72. The van der Waals surface area contributed by atoms with Crippen LogP contribution in [-0.4, -0.2) is 54.0 Å². The average molecular weight is 305 g/mol. The van der Waals surface area contributed by atoms with E-state index in [9.17, 15) is 0 Å². The second-order valence-corrected chi connectivity index (χ2v) is 7.40. The van der Waals surface area contributed by atoms with Crippen LogP contribution in [0.2, 0.25) is 0 Å². The first-order valence-corrected chi connectivity index (χ1v) is 9.80. The Bertz CT molecular complexity index is 422. The van der Waals surface area contributed by atoms with Crippen molar-refractivity contribution in [3.63, 3.8) is 0 Å². The molecule has 0 bridgehead atoms. The molecule has 2 saturated heterocycles. The van der Waals surface area contributed by atoms with Crippen molar-refractivity contribution < 1.29 is 0 Å². The van der Waals surface area contributed by atoms with E-state index in [1.807, 2.05) is 11.8 Å². The van der Waals surface area contributed by atoms with E-state index in [2.05, 4.69) is 46.4 Å². The van der Waals surface area contributed by atoms with Gasteiger partial charge in [-0.1, -0.05) is 36.8 Å². The van der Waals surface area contributed by atoms with Crippen molar-refractivity contribution in [3.8, 4) is 0 Å². The lowest BCUT2D eigenvalue weighted by molar-refractivity contribution is 0.00822. The predicted octanol–water partition coefficient (Wildman–Crippen LogP) is 3.65. The van der Waals surface area contributed by atoms with E-state index >= 15 is 0 Å². The van der Waals surface area contributed by atoms with Crippen LogP contribution in [0, 0.1) is 0 Å². The summed E-state index contributed by atoms with van der Waals surface area (Å²) in [6.45, 7) is 5.07. The molecule has 3 rings (SSSR count). The van der Waals surface area contributed by atoms with E-state index in [1.165, 1.54) is 63.2 Å². The van der Waals surface area contributed by atoms with Crippen LogP contribution in [0.3, 0.4) is 0 Å². The van der Waals surface area contributed by atoms with Gasteiger partial charge in [0.1, 0.15) is 0 Å². The normalized spacial score (nSPS) is 27.5. The average Bonchev–Trinajstić information content (AvgIpc) is 2.55. The van der Waals surface area contributed by atoms with E-state index in [0.717, 1.165) is 6.04 Å². The van der Waals surface area contributed by atoms with Crippen LogP contribution in [0.15, 0.2) is 30.3 Å². The number of fused-ring (bicyclic) bond motifs is 1. The fourth-order valence-electron chi connectivity index (χ4n) is 3.89. The smallest absolute Gasteiger partial charge is 0.0475 e. The number of piperidine rings is 1. The van der Waals surface area contributed by atoms with E-state index in [4.69, 9.17) is 0 Å². The highest BCUT2D eigenvalue weighted by Gasteiger charge is 2.35. The van der Waals surface area contributed by atoms with Gasteiger partial charge in [-0.3, -0.25) is 9.80 Å². The van der Waals surface area contributed by atoms with Gasteiger partial charge in [-0.05, 0) is 49.9 Å². The topological polar surface area (TPSA) is 6.48 Å². The Morgan fingerprint density at radius 2 is 2.00 bits per heavy atom. The number of piperazine rings is 1. The van der Waals surface area contributed by atoms with Crippen LogP contribution < -0.4 is 0 Å². The Labute approximate surface area is 133 Å². The van der Waals surface area contributed by atoms with Crippen LogP contribution in [0.1, 0.15) is 37.3 Å². The molecule has 0 aromatic heterocycles. The maximum Gasteiger partial charge on any atom is 0.0475 e. The van der Waals surface area contributed by atoms with Crippen molar-refractivity contribution >= 4 is 11.8 Å². The second-order valence-electron chi connectivity index (χ2n) is 6.41. The summed E-state index contributed by atoms with van der Waals surface area (Å²) < 4.78 is 0. The summed E-state index contributed by atoms with van der Waals surface area (Å²) in [5.74, 6) is 1.28. The third kappa shape index (κ3) is 3.82. The first kappa shape index (κ1) is 15.4. The number of nitrogens with zero attached hydrogens (tertiary/aromatic N) is 2. The highest BCUT2D eigenvalue weighted by Crippen LogP contribution is 2.32. The maximum absolute atomic E-state index is 2.76. The molecule has 1 aromatic carbocycles. The summed E-state index contributed by atoms with van der Waals surface area (Å²) in [4.78, 5) is 5.52. The molecule has 0 radical (unpaired) electrons. The molecule has 2 aliphatic rings. The van der Waals surface area contributed by atoms with E-state index < -0.39 is 0 Å². The van der Waals surface area contributed by atoms with Gasteiger partial charge in [-0.15, -0.1) is 0 Å². The Morgan fingerprint density at radius 3 is 2.81 bits per heavy atom. The van der Waals surface area contributed by atoms with Gasteiger partial charge in [0.15, 0.2) is 0 Å². The van der Waals surface area contributed by atoms with Crippen LogP contribution in [0.5, 0.6) is 0 Å². The van der Waals surface area contributed by atoms with E-state index in [-0.39, 0.29) is 0 Å². The minimum atomic E-state index is 0.599. The zero-order chi connectivity index (χ0) is 14.5. The summed E-state index contributed by atoms with van der Waals surface area (Å²) >= 11 is 1.97. The molecule has 21 heavy (non-hydrogen) atoms. The zero-order valence-corrected chi connectivity index (χ0v) is 14.0. The fraction of sp³-hybridized carbons (Fsp3) is 0.667. The lowest BCUT2D eigenvalue weighted by Crippen LogP contribution is -2.56. The lowest BCUT2D eigenvalue weighted by atomic mass is 9.93. The molecule has 2 unspecified atom stereocenters. The van der Waals surface area contributed by atoms with Crippen LogP contribution in [-0.2, 0) is 0 Å². The minimum Gasteiger partial charge on any atom is -0.297 e. The van der Waals surface area contributed by atoms with Crippen molar-refractivity contribution in [2.24, 2.45) is 0 Å². The number of benzene rings is 1. The van der Waals surface area contributed by atoms with Gasteiger partial charge in [-0.25, -0.2) is 0 Å². The first-order valence-electron chi connectivity index (χ1n) is 8.40. The summed E-state index contributed by atoms with van der Waals surface area (Å²) in [6.07, 6.45) is 7.76. The molecule has 116 valence electrons. The number of hydrogen-bond acceptors (Lipinski definition) is 3. The molecule has 2 heterocycles. The second kappa shape index (κ2) is 7.66. The standard InChI is InChI=1S/C18H28N2S/c1-21-13-7-12-20-14-17-10-5-6-11-19(17)15-18(20)16-8-3-2-4-9-16/h2-4,8-9,17-18H,5-7,10-15H2,1H3. The Morgan fingerprint density at radius 1 is 1.14 bits per heavy atom. The van der Waals surface area contributed by atoms with Gasteiger partial charge >= 0.3 is 0 Å². The summed E-state index contributed by atoms with van der Waals surface area (Å²) in [5.41, 5.74) is 1.51. The largest absolute Gasteiger partial charge is 0.297 e. The Hall–Kier alpha value is -0.510. The molecule has 2 atom stereocenters. The molecule has 2 fully saturated rings. The SMILES string of the molecule is CSCCCN1CC2CCCCN2CC1c1ccccc1. The lowest BCUT2D eigenvalue weighted by Gasteiger charge is -2.48. The van der Waals surface area contributed by atoms with Gasteiger partial charge in [0.25, 0.3) is 0 Å². The molecule has 0 spiro atoms. The number of thioether (sulfide) groups is 1. The van der Waals surface area contributed by atoms with Gasteiger partial charge in [0, 0.05) is 25.2 Å². The first-order chi connectivity index (χ1) is 10.4. The number of hydrogen-bond donors (Lipinski definition) is 0. The highest BCUT2D eigenvalue weighted by molar-refractivity contribution is 7.98. The van der Waals surface area contributed by atoms with Crippen molar-refractivity contribution in [2.75, 3.05) is 38.2 Å². The van der Waals surface area contributed by atoms with Crippen LogP contribution in [0.25, 0.3) is 0 Å². The molecule has 2 nitrogen and oxygen atoms in total. The Kier molecular flexibility index (Phi) is 5.61. The third-order valence-electron chi connectivity index (χ3n) is 5.02. The van der Waals surface area contributed by atoms with Crippen molar-refractivity contribution in [2.45, 2.75) is 37.8 Å². The van der Waals surface area contributed by atoms with Crippen LogP contribution >= 0.6 is 11.8 Å². The molecular weight excluding hydrogens is 276 g/mol.